The van der Waals surface area contributed by atoms with Gasteiger partial charge in [-0.2, -0.15) is 8.42 Å². The second-order valence-corrected chi connectivity index (χ2v) is 6.90. The number of hydrogen-bond acceptors (Lipinski definition) is 7. The zero-order valence-corrected chi connectivity index (χ0v) is 12.3. The highest BCUT2D eigenvalue weighted by Gasteiger charge is 2.21. The van der Waals surface area contributed by atoms with Gasteiger partial charge in [0.15, 0.2) is 0 Å². The highest BCUT2D eigenvalue weighted by molar-refractivity contribution is 7.92. The molecule has 0 unspecified atom stereocenters. The quantitative estimate of drug-likeness (QED) is 0.812. The summed E-state index contributed by atoms with van der Waals surface area (Å²) >= 11 is 0. The van der Waals surface area contributed by atoms with Gasteiger partial charge in [0.25, 0.3) is 10.0 Å². The van der Waals surface area contributed by atoms with Gasteiger partial charge in [-0.3, -0.25) is 0 Å². The van der Waals surface area contributed by atoms with Crippen molar-refractivity contribution < 1.29 is 25.1 Å². The molecule has 21 heavy (non-hydrogen) atoms. The molecule has 0 spiro atoms. The van der Waals surface area contributed by atoms with E-state index in [4.69, 9.17) is 4.42 Å². The van der Waals surface area contributed by atoms with Crippen LogP contribution in [0, 0.1) is 0 Å². The molecule has 1 aromatic carbocycles. The van der Waals surface area contributed by atoms with Crippen LogP contribution in [-0.2, 0) is 26.7 Å². The third-order valence-corrected chi connectivity index (χ3v) is 4.52. The Morgan fingerprint density at radius 2 is 1.86 bits per heavy atom. The maximum Gasteiger partial charge on any atom is 0.332 e. The predicted octanol–water partition coefficient (Wildman–Crippen LogP) is 1.09. The van der Waals surface area contributed by atoms with Gasteiger partial charge in [0.05, 0.1) is 9.79 Å². The van der Waals surface area contributed by atoms with Crippen molar-refractivity contribution in [3.05, 3.63) is 30.2 Å². The Balaban J connectivity index is 2.35. The number of aryl methyl sites for hydroxylation is 1. The number of benzene rings is 1. The molecule has 0 aliphatic rings. The number of halogens is 1. The molecule has 0 saturated carbocycles. The Hall–Kier alpha value is -2.01. The minimum atomic E-state index is -5.00. The molecule has 1 heterocycles. The molecule has 0 aliphatic carbocycles. The SMILES string of the molecule is CCc1nnc(NS(=O)(=O)c2cccc(S(=O)(=O)F)c2)o1. The molecule has 2 aromatic rings. The van der Waals surface area contributed by atoms with Gasteiger partial charge in [0.1, 0.15) is 0 Å². The highest BCUT2D eigenvalue weighted by atomic mass is 32.3. The van der Waals surface area contributed by atoms with E-state index < -0.39 is 30.0 Å². The summed E-state index contributed by atoms with van der Waals surface area (Å²) in [4.78, 5) is -1.21. The molecule has 0 amide bonds. The summed E-state index contributed by atoms with van der Waals surface area (Å²) in [6, 6.07) is 3.48. The fourth-order valence-corrected chi connectivity index (χ4v) is 2.96. The van der Waals surface area contributed by atoms with Crippen LogP contribution in [0.4, 0.5) is 9.90 Å². The number of hydrogen-bond donors (Lipinski definition) is 1. The van der Waals surface area contributed by atoms with Crippen LogP contribution in [0.2, 0.25) is 0 Å². The number of nitrogens with zero attached hydrogens (tertiary/aromatic N) is 2. The first-order valence-corrected chi connectivity index (χ1v) is 8.49. The fourth-order valence-electron chi connectivity index (χ4n) is 1.40. The van der Waals surface area contributed by atoms with Crippen LogP contribution in [0.25, 0.3) is 0 Å². The van der Waals surface area contributed by atoms with E-state index in [1.165, 1.54) is 0 Å². The molecule has 0 saturated heterocycles. The molecule has 114 valence electrons. The summed E-state index contributed by atoms with van der Waals surface area (Å²) in [6.07, 6.45) is 0.421. The zero-order chi connectivity index (χ0) is 15.7. The van der Waals surface area contributed by atoms with Gasteiger partial charge in [0, 0.05) is 6.42 Å². The minimum Gasteiger partial charge on any atom is -0.407 e. The minimum absolute atomic E-state index is 0.229. The Bertz CT molecular complexity index is 860. The number of anilines is 1. The summed E-state index contributed by atoms with van der Waals surface area (Å²) < 4.78 is 65.5. The lowest BCUT2D eigenvalue weighted by molar-refractivity contribution is 0.515. The van der Waals surface area contributed by atoms with Crippen molar-refractivity contribution in [1.29, 1.82) is 0 Å². The van der Waals surface area contributed by atoms with E-state index in [0.717, 1.165) is 18.2 Å². The van der Waals surface area contributed by atoms with Gasteiger partial charge in [-0.15, -0.1) is 8.98 Å². The molecule has 1 aromatic heterocycles. The Kier molecular flexibility index (Phi) is 3.96. The monoisotopic (exact) mass is 335 g/mol. The average Bonchev–Trinajstić information content (AvgIpc) is 2.85. The maximum absolute atomic E-state index is 12.9. The molecule has 0 aliphatic heterocycles. The number of aromatic nitrogens is 2. The van der Waals surface area contributed by atoms with Gasteiger partial charge < -0.3 is 4.42 Å². The van der Waals surface area contributed by atoms with Crippen molar-refractivity contribution in [1.82, 2.24) is 10.2 Å². The van der Waals surface area contributed by atoms with Gasteiger partial charge in [-0.05, 0) is 18.2 Å². The number of sulfonamides is 1. The van der Waals surface area contributed by atoms with E-state index in [1.54, 1.807) is 6.92 Å². The first kappa shape index (κ1) is 15.4. The molecule has 11 heteroatoms. The Labute approximate surface area is 120 Å². The molecule has 0 radical (unpaired) electrons. The van der Waals surface area contributed by atoms with E-state index in [1.807, 2.05) is 4.72 Å². The summed E-state index contributed by atoms with van der Waals surface area (Å²) in [5.74, 6) is 0.229. The van der Waals surface area contributed by atoms with Crippen LogP contribution < -0.4 is 4.72 Å². The van der Waals surface area contributed by atoms with Crippen molar-refractivity contribution in [2.75, 3.05) is 4.72 Å². The maximum atomic E-state index is 12.9. The molecule has 0 bridgehead atoms. The van der Waals surface area contributed by atoms with Crippen LogP contribution in [-0.4, -0.2) is 27.0 Å². The predicted molar refractivity (Wildman–Crippen MR) is 69.2 cm³/mol. The second-order valence-electron chi connectivity index (χ2n) is 3.87. The lowest BCUT2D eigenvalue weighted by Crippen LogP contribution is -2.13. The lowest BCUT2D eigenvalue weighted by Gasteiger charge is -2.04. The summed E-state index contributed by atoms with van der Waals surface area (Å²) in [5.41, 5.74) is 0. The van der Waals surface area contributed by atoms with Crippen LogP contribution in [0.5, 0.6) is 0 Å². The third kappa shape index (κ3) is 3.55. The van der Waals surface area contributed by atoms with Crippen LogP contribution in [0.15, 0.2) is 38.5 Å². The molecule has 1 N–H and O–H groups in total. The van der Waals surface area contributed by atoms with E-state index >= 15 is 0 Å². The standard InChI is InChI=1S/C10H10FN3O5S2/c1-2-9-12-13-10(19-9)14-21(17,18)8-5-3-4-7(6-8)20(11,15)16/h3-6H,2H2,1H3,(H,13,14). The third-order valence-electron chi connectivity index (χ3n) is 2.39. The van der Waals surface area contributed by atoms with E-state index in [9.17, 15) is 20.7 Å². The van der Waals surface area contributed by atoms with Crippen molar-refractivity contribution in [2.24, 2.45) is 0 Å². The Morgan fingerprint density at radius 1 is 1.19 bits per heavy atom. The first-order chi connectivity index (χ1) is 9.72. The average molecular weight is 335 g/mol. The first-order valence-electron chi connectivity index (χ1n) is 5.62. The molecular weight excluding hydrogens is 325 g/mol. The fraction of sp³-hybridized carbons (Fsp3) is 0.200. The molecule has 2 rings (SSSR count). The lowest BCUT2D eigenvalue weighted by atomic mass is 10.4. The molecule has 0 atom stereocenters. The normalized spacial score (nSPS) is 12.3. The van der Waals surface area contributed by atoms with Gasteiger partial charge >= 0.3 is 16.2 Å². The second kappa shape index (κ2) is 5.41. The summed E-state index contributed by atoms with van der Waals surface area (Å²) in [7, 11) is -9.17. The van der Waals surface area contributed by atoms with E-state index in [0.29, 0.717) is 12.5 Å². The van der Waals surface area contributed by atoms with E-state index in [-0.39, 0.29) is 11.9 Å². The molecule has 0 fully saturated rings. The number of nitrogens with one attached hydrogen (secondary N) is 1. The van der Waals surface area contributed by atoms with Crippen LogP contribution in [0.1, 0.15) is 12.8 Å². The van der Waals surface area contributed by atoms with E-state index in [2.05, 4.69) is 10.2 Å². The zero-order valence-electron chi connectivity index (χ0n) is 10.6. The van der Waals surface area contributed by atoms with Gasteiger partial charge in [-0.1, -0.05) is 18.1 Å². The largest absolute Gasteiger partial charge is 0.407 e. The summed E-state index contributed by atoms with van der Waals surface area (Å²) in [6.45, 7) is 1.74. The van der Waals surface area contributed by atoms with Gasteiger partial charge in [0.2, 0.25) is 5.89 Å². The Morgan fingerprint density at radius 3 is 2.43 bits per heavy atom. The van der Waals surface area contributed by atoms with Crippen molar-refractivity contribution >= 4 is 26.3 Å². The molecule has 8 nitrogen and oxygen atoms in total. The summed E-state index contributed by atoms with van der Waals surface area (Å²) in [5, 5.41) is 7.04. The molecular formula is C10H10FN3O5S2. The van der Waals surface area contributed by atoms with Crippen molar-refractivity contribution in [3.8, 4) is 0 Å². The number of rotatable bonds is 5. The topological polar surface area (TPSA) is 119 Å². The van der Waals surface area contributed by atoms with Crippen LogP contribution in [0.3, 0.4) is 0 Å². The van der Waals surface area contributed by atoms with Crippen molar-refractivity contribution in [3.63, 3.8) is 0 Å². The smallest absolute Gasteiger partial charge is 0.332 e. The van der Waals surface area contributed by atoms with Gasteiger partial charge in [-0.25, -0.2) is 13.1 Å². The van der Waals surface area contributed by atoms with Crippen molar-refractivity contribution in [2.45, 2.75) is 23.1 Å². The highest BCUT2D eigenvalue weighted by Crippen LogP contribution is 2.20. The van der Waals surface area contributed by atoms with Crippen LogP contribution >= 0.6 is 0 Å².